The fraction of sp³-hybridized carbons (Fsp3) is 0.435. The third kappa shape index (κ3) is 6.62. The highest BCUT2D eigenvalue weighted by Gasteiger charge is 2.18. The number of halogens is 1. The normalized spacial score (nSPS) is 15.6. The van der Waals surface area contributed by atoms with Crippen molar-refractivity contribution in [2.75, 3.05) is 50.8 Å². The molecule has 1 N–H and O–H groups in total. The molecule has 0 saturated carbocycles. The fourth-order valence-corrected chi connectivity index (χ4v) is 3.52. The molecule has 0 radical (unpaired) electrons. The number of carbonyl (C=O) groups is 1. The zero-order valence-corrected chi connectivity index (χ0v) is 18.1. The van der Waals surface area contributed by atoms with E-state index in [0.717, 1.165) is 37.7 Å². The van der Waals surface area contributed by atoms with Gasteiger partial charge in [-0.25, -0.2) is 4.79 Å². The molecule has 1 saturated heterocycles. The first-order chi connectivity index (χ1) is 14.5. The SMILES string of the molecule is CCOC(=O)c1ccc(OCC(O)CCN2CCN(c3ccc(Cl)cc3)CC2)cc1. The second-order valence-electron chi connectivity index (χ2n) is 7.30. The molecule has 3 rings (SSSR count). The standard InChI is InChI=1S/C23H29ClN2O4/c1-2-29-23(28)18-3-9-22(10-4-18)30-17-21(27)11-12-25-13-15-26(16-14-25)20-7-5-19(24)6-8-20/h3-10,21,27H,2,11-17H2,1H3. The number of hydrogen-bond donors (Lipinski definition) is 1. The van der Waals surface area contributed by atoms with Crippen LogP contribution in [0.4, 0.5) is 5.69 Å². The number of carbonyl (C=O) groups excluding carboxylic acids is 1. The van der Waals surface area contributed by atoms with Crippen molar-refractivity contribution >= 4 is 23.3 Å². The van der Waals surface area contributed by atoms with Crippen molar-refractivity contribution in [3.63, 3.8) is 0 Å². The van der Waals surface area contributed by atoms with Crippen LogP contribution in [-0.2, 0) is 4.74 Å². The van der Waals surface area contributed by atoms with Crippen LogP contribution >= 0.6 is 11.6 Å². The Morgan fingerprint density at radius 3 is 2.37 bits per heavy atom. The molecule has 1 unspecified atom stereocenters. The van der Waals surface area contributed by atoms with Crippen LogP contribution in [0.2, 0.25) is 5.02 Å². The third-order valence-corrected chi connectivity index (χ3v) is 5.40. The Balaban J connectivity index is 1.34. The summed E-state index contributed by atoms with van der Waals surface area (Å²) in [5, 5.41) is 11.0. The van der Waals surface area contributed by atoms with E-state index in [1.54, 1.807) is 31.2 Å². The Kier molecular flexibility index (Phi) is 8.37. The van der Waals surface area contributed by atoms with Crippen LogP contribution in [-0.4, -0.2) is 68.0 Å². The van der Waals surface area contributed by atoms with E-state index in [9.17, 15) is 9.90 Å². The fourth-order valence-electron chi connectivity index (χ4n) is 3.39. The summed E-state index contributed by atoms with van der Waals surface area (Å²) in [6.07, 6.45) is 0.117. The van der Waals surface area contributed by atoms with Crippen molar-refractivity contribution in [1.82, 2.24) is 4.90 Å². The molecule has 7 heteroatoms. The number of aliphatic hydroxyl groups excluding tert-OH is 1. The minimum Gasteiger partial charge on any atom is -0.491 e. The van der Waals surface area contributed by atoms with Crippen LogP contribution in [0.5, 0.6) is 5.75 Å². The van der Waals surface area contributed by atoms with Crippen LogP contribution in [0, 0.1) is 0 Å². The second kappa shape index (κ2) is 11.2. The Hall–Kier alpha value is -2.28. The highest BCUT2D eigenvalue weighted by atomic mass is 35.5. The Morgan fingerprint density at radius 2 is 1.73 bits per heavy atom. The summed E-state index contributed by atoms with van der Waals surface area (Å²) in [6.45, 7) is 7.03. The molecule has 0 amide bonds. The molecule has 1 aliphatic rings. The number of anilines is 1. The topological polar surface area (TPSA) is 62.2 Å². The summed E-state index contributed by atoms with van der Waals surface area (Å²) >= 11 is 5.96. The molecule has 6 nitrogen and oxygen atoms in total. The summed E-state index contributed by atoms with van der Waals surface area (Å²) in [5.74, 6) is 0.277. The van der Waals surface area contributed by atoms with Gasteiger partial charge in [0.1, 0.15) is 12.4 Å². The lowest BCUT2D eigenvalue weighted by molar-refractivity contribution is 0.0526. The molecule has 162 valence electrons. The second-order valence-corrected chi connectivity index (χ2v) is 7.74. The summed E-state index contributed by atoms with van der Waals surface area (Å²) < 4.78 is 10.6. The molecule has 2 aromatic rings. The maximum Gasteiger partial charge on any atom is 0.338 e. The van der Waals surface area contributed by atoms with Gasteiger partial charge in [-0.2, -0.15) is 0 Å². The molecule has 1 atom stereocenters. The first kappa shape index (κ1) is 22.4. The smallest absolute Gasteiger partial charge is 0.338 e. The quantitative estimate of drug-likeness (QED) is 0.612. The largest absolute Gasteiger partial charge is 0.491 e. The van der Waals surface area contributed by atoms with E-state index < -0.39 is 6.10 Å². The van der Waals surface area contributed by atoms with Gasteiger partial charge < -0.3 is 19.5 Å². The van der Waals surface area contributed by atoms with Crippen molar-refractivity contribution in [1.29, 1.82) is 0 Å². The molecule has 1 heterocycles. The summed E-state index contributed by atoms with van der Waals surface area (Å²) in [4.78, 5) is 16.4. The average Bonchev–Trinajstić information content (AvgIpc) is 2.78. The highest BCUT2D eigenvalue weighted by molar-refractivity contribution is 6.30. The predicted molar refractivity (Wildman–Crippen MR) is 119 cm³/mol. The first-order valence-electron chi connectivity index (χ1n) is 10.4. The monoisotopic (exact) mass is 432 g/mol. The van der Waals surface area contributed by atoms with Crippen LogP contribution in [0.1, 0.15) is 23.7 Å². The molecular formula is C23H29ClN2O4. The highest BCUT2D eigenvalue weighted by Crippen LogP contribution is 2.19. The molecule has 0 bridgehead atoms. The van der Waals surface area contributed by atoms with E-state index in [1.165, 1.54) is 5.69 Å². The van der Waals surface area contributed by atoms with Gasteiger partial charge in [-0.05, 0) is 61.9 Å². The zero-order chi connectivity index (χ0) is 21.3. The first-order valence-corrected chi connectivity index (χ1v) is 10.7. The number of hydrogen-bond acceptors (Lipinski definition) is 6. The van der Waals surface area contributed by atoms with Gasteiger partial charge >= 0.3 is 5.97 Å². The molecule has 2 aromatic carbocycles. The van der Waals surface area contributed by atoms with Gasteiger partial charge in [0.15, 0.2) is 0 Å². The van der Waals surface area contributed by atoms with Crippen LogP contribution in [0.3, 0.4) is 0 Å². The lowest BCUT2D eigenvalue weighted by Crippen LogP contribution is -2.47. The molecule has 0 aliphatic carbocycles. The summed E-state index contributed by atoms with van der Waals surface area (Å²) in [7, 11) is 0. The minimum atomic E-state index is -0.538. The third-order valence-electron chi connectivity index (χ3n) is 5.15. The Labute approximate surface area is 183 Å². The Bertz CT molecular complexity index is 790. The zero-order valence-electron chi connectivity index (χ0n) is 17.3. The van der Waals surface area contributed by atoms with Crippen LogP contribution in [0.25, 0.3) is 0 Å². The Morgan fingerprint density at radius 1 is 1.07 bits per heavy atom. The van der Waals surface area contributed by atoms with Gasteiger partial charge in [0.25, 0.3) is 0 Å². The van der Waals surface area contributed by atoms with Crippen molar-refractivity contribution < 1.29 is 19.4 Å². The van der Waals surface area contributed by atoms with Gasteiger partial charge in [0, 0.05) is 43.4 Å². The van der Waals surface area contributed by atoms with Crippen LogP contribution in [0.15, 0.2) is 48.5 Å². The van der Waals surface area contributed by atoms with E-state index in [-0.39, 0.29) is 12.6 Å². The van der Waals surface area contributed by atoms with E-state index in [4.69, 9.17) is 21.1 Å². The van der Waals surface area contributed by atoms with Gasteiger partial charge in [0.05, 0.1) is 18.3 Å². The van der Waals surface area contributed by atoms with E-state index in [1.807, 2.05) is 12.1 Å². The number of esters is 1. The number of nitrogens with zero attached hydrogens (tertiary/aromatic N) is 2. The van der Waals surface area contributed by atoms with Gasteiger partial charge in [0.2, 0.25) is 0 Å². The van der Waals surface area contributed by atoms with E-state index in [2.05, 4.69) is 21.9 Å². The summed E-state index contributed by atoms with van der Waals surface area (Å²) in [5.41, 5.74) is 1.68. The maximum atomic E-state index is 11.7. The number of ether oxygens (including phenoxy) is 2. The lowest BCUT2D eigenvalue weighted by Gasteiger charge is -2.36. The summed E-state index contributed by atoms with van der Waals surface area (Å²) in [6, 6.07) is 14.7. The van der Waals surface area contributed by atoms with Gasteiger partial charge in [-0.1, -0.05) is 11.6 Å². The van der Waals surface area contributed by atoms with Crippen molar-refractivity contribution in [2.24, 2.45) is 0 Å². The molecule has 0 aromatic heterocycles. The number of aliphatic hydroxyl groups is 1. The van der Waals surface area contributed by atoms with Crippen LogP contribution < -0.4 is 9.64 Å². The minimum absolute atomic E-state index is 0.226. The molecule has 1 fully saturated rings. The van der Waals surface area contributed by atoms with E-state index in [0.29, 0.717) is 24.3 Å². The average molecular weight is 433 g/mol. The van der Waals surface area contributed by atoms with Gasteiger partial charge in [-0.15, -0.1) is 0 Å². The molecule has 30 heavy (non-hydrogen) atoms. The predicted octanol–water partition coefficient (Wildman–Crippen LogP) is 3.47. The number of rotatable bonds is 9. The maximum absolute atomic E-state index is 11.7. The van der Waals surface area contributed by atoms with Gasteiger partial charge in [-0.3, -0.25) is 4.90 Å². The molecule has 1 aliphatic heterocycles. The molecule has 0 spiro atoms. The lowest BCUT2D eigenvalue weighted by atomic mass is 10.2. The van der Waals surface area contributed by atoms with Crippen molar-refractivity contribution in [3.05, 3.63) is 59.1 Å². The van der Waals surface area contributed by atoms with Crippen molar-refractivity contribution in [3.8, 4) is 5.75 Å². The number of benzene rings is 2. The number of piperazine rings is 1. The molecular weight excluding hydrogens is 404 g/mol. The van der Waals surface area contributed by atoms with E-state index >= 15 is 0 Å². The van der Waals surface area contributed by atoms with Crippen molar-refractivity contribution in [2.45, 2.75) is 19.4 Å².